The average Bonchev–Trinajstić information content (AvgIpc) is 3.13. The first-order valence-corrected chi connectivity index (χ1v) is 12.4. The van der Waals surface area contributed by atoms with Gasteiger partial charge in [-0.15, -0.1) is 0 Å². The maximum Gasteiger partial charge on any atom is 0.251 e. The van der Waals surface area contributed by atoms with E-state index in [1.807, 2.05) is 12.1 Å². The lowest BCUT2D eigenvalue weighted by Gasteiger charge is -2.32. The van der Waals surface area contributed by atoms with Crippen LogP contribution in [0.1, 0.15) is 35.2 Å². The monoisotopic (exact) mass is 445 g/mol. The Morgan fingerprint density at radius 3 is 2.39 bits per heavy atom. The zero-order valence-electron chi connectivity index (χ0n) is 17.5. The van der Waals surface area contributed by atoms with E-state index in [-0.39, 0.29) is 17.5 Å². The van der Waals surface area contributed by atoms with Gasteiger partial charge in [0.25, 0.3) is 5.91 Å². The Balaban J connectivity index is 1.24. The maximum atomic E-state index is 13.8. The van der Waals surface area contributed by atoms with E-state index in [0.717, 1.165) is 31.5 Å². The SMILES string of the molecule is O=C(NCC1CCN(Cc2ccccc2F)CC1)c1ccc(N2CCCS2(=O)=O)cc1. The van der Waals surface area contributed by atoms with Gasteiger partial charge in [-0.3, -0.25) is 14.0 Å². The predicted molar refractivity (Wildman–Crippen MR) is 119 cm³/mol. The summed E-state index contributed by atoms with van der Waals surface area (Å²) in [5.74, 6) is 0.263. The number of hydrogen-bond acceptors (Lipinski definition) is 4. The average molecular weight is 446 g/mol. The lowest BCUT2D eigenvalue weighted by molar-refractivity contribution is 0.0935. The van der Waals surface area contributed by atoms with Gasteiger partial charge in [-0.25, -0.2) is 12.8 Å². The zero-order chi connectivity index (χ0) is 21.8. The molecule has 0 atom stereocenters. The molecule has 31 heavy (non-hydrogen) atoms. The van der Waals surface area contributed by atoms with Crippen LogP contribution in [0.3, 0.4) is 0 Å². The fourth-order valence-electron chi connectivity index (χ4n) is 4.26. The number of nitrogens with zero attached hydrogens (tertiary/aromatic N) is 2. The fourth-order valence-corrected chi connectivity index (χ4v) is 5.83. The molecule has 0 unspecified atom stereocenters. The van der Waals surface area contributed by atoms with E-state index in [2.05, 4.69) is 10.2 Å². The highest BCUT2D eigenvalue weighted by molar-refractivity contribution is 7.93. The van der Waals surface area contributed by atoms with Gasteiger partial charge >= 0.3 is 0 Å². The number of carbonyl (C=O) groups is 1. The summed E-state index contributed by atoms with van der Waals surface area (Å²) < 4.78 is 39.3. The van der Waals surface area contributed by atoms with Crippen LogP contribution in [0.2, 0.25) is 0 Å². The molecular formula is C23H28FN3O3S. The summed E-state index contributed by atoms with van der Waals surface area (Å²) in [6.07, 6.45) is 2.55. The van der Waals surface area contributed by atoms with E-state index in [1.165, 1.54) is 10.4 Å². The number of halogens is 1. The molecule has 2 aromatic rings. The molecule has 2 fully saturated rings. The number of hydrogen-bond donors (Lipinski definition) is 1. The Hall–Kier alpha value is -2.45. The van der Waals surface area contributed by atoms with Crippen LogP contribution in [-0.2, 0) is 16.6 Å². The second kappa shape index (κ2) is 9.36. The van der Waals surface area contributed by atoms with Crippen LogP contribution in [0, 0.1) is 11.7 Å². The Morgan fingerprint density at radius 1 is 1.03 bits per heavy atom. The molecule has 2 aliphatic heterocycles. The molecule has 2 heterocycles. The van der Waals surface area contributed by atoms with Crippen molar-refractivity contribution in [2.75, 3.05) is 36.2 Å². The first kappa shape index (κ1) is 21.8. The molecule has 2 saturated heterocycles. The first-order chi connectivity index (χ1) is 14.9. The molecule has 0 spiro atoms. The number of rotatable bonds is 6. The lowest BCUT2D eigenvalue weighted by Crippen LogP contribution is -2.38. The van der Waals surface area contributed by atoms with Gasteiger partial charge in [0, 0.05) is 30.8 Å². The highest BCUT2D eigenvalue weighted by Gasteiger charge is 2.28. The van der Waals surface area contributed by atoms with Crippen molar-refractivity contribution in [3.05, 3.63) is 65.5 Å². The van der Waals surface area contributed by atoms with Crippen LogP contribution < -0.4 is 9.62 Å². The quantitative estimate of drug-likeness (QED) is 0.742. The van der Waals surface area contributed by atoms with E-state index in [9.17, 15) is 17.6 Å². The zero-order valence-corrected chi connectivity index (χ0v) is 18.3. The van der Waals surface area contributed by atoms with Crippen molar-refractivity contribution in [3.63, 3.8) is 0 Å². The molecule has 0 bridgehead atoms. The van der Waals surface area contributed by atoms with Crippen LogP contribution in [0.5, 0.6) is 0 Å². The van der Waals surface area contributed by atoms with Gasteiger partial charge < -0.3 is 5.32 Å². The third-order valence-corrected chi connectivity index (χ3v) is 8.00. The third kappa shape index (κ3) is 5.25. The summed E-state index contributed by atoms with van der Waals surface area (Å²) in [6.45, 7) is 3.48. The van der Waals surface area contributed by atoms with E-state index in [0.29, 0.717) is 43.2 Å². The number of piperidine rings is 1. The third-order valence-electron chi connectivity index (χ3n) is 6.13. The molecular weight excluding hydrogens is 417 g/mol. The van der Waals surface area contributed by atoms with Crippen molar-refractivity contribution in [1.82, 2.24) is 10.2 Å². The second-order valence-electron chi connectivity index (χ2n) is 8.31. The van der Waals surface area contributed by atoms with E-state index >= 15 is 0 Å². The highest BCUT2D eigenvalue weighted by atomic mass is 32.2. The minimum atomic E-state index is -3.22. The predicted octanol–water partition coefficient (Wildman–Crippen LogP) is 3.01. The Bertz CT molecular complexity index is 1020. The number of amides is 1. The molecule has 2 aliphatic rings. The van der Waals surface area contributed by atoms with Gasteiger partial charge in [-0.2, -0.15) is 0 Å². The highest BCUT2D eigenvalue weighted by Crippen LogP contribution is 2.24. The summed E-state index contributed by atoms with van der Waals surface area (Å²) in [5, 5.41) is 3.00. The minimum Gasteiger partial charge on any atom is -0.352 e. The number of sulfonamides is 1. The van der Waals surface area contributed by atoms with Gasteiger partial charge in [-0.1, -0.05) is 18.2 Å². The molecule has 0 aromatic heterocycles. The molecule has 1 N–H and O–H groups in total. The van der Waals surface area contributed by atoms with Crippen LogP contribution in [0.25, 0.3) is 0 Å². The first-order valence-electron chi connectivity index (χ1n) is 10.8. The summed E-state index contributed by atoms with van der Waals surface area (Å²) in [5.41, 5.74) is 1.85. The molecule has 8 heteroatoms. The number of likely N-dealkylation sites (tertiary alicyclic amines) is 1. The van der Waals surface area contributed by atoms with E-state index in [1.54, 1.807) is 30.3 Å². The van der Waals surface area contributed by atoms with Crippen molar-refractivity contribution in [3.8, 4) is 0 Å². The van der Waals surface area contributed by atoms with Crippen molar-refractivity contribution in [2.45, 2.75) is 25.8 Å². The van der Waals surface area contributed by atoms with Gasteiger partial charge in [0.2, 0.25) is 10.0 Å². The standard InChI is InChI=1S/C23H28FN3O3S/c24-22-5-2-1-4-20(22)17-26-13-10-18(11-14-26)16-25-23(28)19-6-8-21(9-7-19)27-12-3-15-31(27,29)30/h1-2,4-9,18H,3,10-17H2,(H,25,28). The minimum absolute atomic E-state index is 0.149. The summed E-state index contributed by atoms with van der Waals surface area (Å²) >= 11 is 0. The van der Waals surface area contributed by atoms with Crippen molar-refractivity contribution < 1.29 is 17.6 Å². The molecule has 2 aromatic carbocycles. The van der Waals surface area contributed by atoms with Crippen molar-refractivity contribution in [2.24, 2.45) is 5.92 Å². The van der Waals surface area contributed by atoms with Crippen molar-refractivity contribution in [1.29, 1.82) is 0 Å². The number of benzene rings is 2. The normalized spacial score (nSPS) is 19.5. The van der Waals surface area contributed by atoms with Gasteiger partial charge in [0.05, 0.1) is 11.4 Å². The second-order valence-corrected chi connectivity index (χ2v) is 10.3. The molecule has 6 nitrogen and oxygen atoms in total. The maximum absolute atomic E-state index is 13.8. The molecule has 1 amide bonds. The van der Waals surface area contributed by atoms with Crippen molar-refractivity contribution >= 4 is 21.6 Å². The smallest absolute Gasteiger partial charge is 0.251 e. The lowest BCUT2D eigenvalue weighted by atomic mass is 9.96. The van der Waals surface area contributed by atoms with Crippen LogP contribution >= 0.6 is 0 Å². The van der Waals surface area contributed by atoms with Crippen LogP contribution in [-0.4, -0.2) is 51.2 Å². The Morgan fingerprint density at radius 2 is 1.74 bits per heavy atom. The Kier molecular flexibility index (Phi) is 6.57. The molecule has 0 radical (unpaired) electrons. The largest absolute Gasteiger partial charge is 0.352 e. The molecule has 166 valence electrons. The number of nitrogens with one attached hydrogen (secondary N) is 1. The van der Waals surface area contributed by atoms with Gasteiger partial charge in [-0.05, 0) is 68.6 Å². The summed E-state index contributed by atoms with van der Waals surface area (Å²) in [4.78, 5) is 14.7. The Labute approximate surface area is 183 Å². The topological polar surface area (TPSA) is 69.7 Å². The number of anilines is 1. The molecule has 0 aliphatic carbocycles. The van der Waals surface area contributed by atoms with Gasteiger partial charge in [0.15, 0.2) is 0 Å². The fraction of sp³-hybridized carbons (Fsp3) is 0.435. The summed E-state index contributed by atoms with van der Waals surface area (Å²) in [6, 6.07) is 13.6. The van der Waals surface area contributed by atoms with Gasteiger partial charge in [0.1, 0.15) is 5.82 Å². The van der Waals surface area contributed by atoms with E-state index < -0.39 is 10.0 Å². The van der Waals surface area contributed by atoms with E-state index in [4.69, 9.17) is 0 Å². The summed E-state index contributed by atoms with van der Waals surface area (Å²) in [7, 11) is -3.22. The number of carbonyl (C=O) groups excluding carboxylic acids is 1. The van der Waals surface area contributed by atoms with Crippen LogP contribution in [0.4, 0.5) is 10.1 Å². The molecule has 0 saturated carbocycles. The van der Waals surface area contributed by atoms with Crippen LogP contribution in [0.15, 0.2) is 48.5 Å². The molecule has 4 rings (SSSR count).